The van der Waals surface area contributed by atoms with Crippen LogP contribution < -0.4 is 5.32 Å². The van der Waals surface area contributed by atoms with Gasteiger partial charge < -0.3 is 15.0 Å². The predicted octanol–water partition coefficient (Wildman–Crippen LogP) is 0.882. The fraction of sp³-hybridized carbons (Fsp3) is 0.619. The van der Waals surface area contributed by atoms with Gasteiger partial charge in [0.1, 0.15) is 0 Å². The number of benzene rings is 1. The van der Waals surface area contributed by atoms with Gasteiger partial charge in [-0.3, -0.25) is 19.4 Å². The summed E-state index contributed by atoms with van der Waals surface area (Å²) in [5.41, 5.74) is 0.533. The third-order valence-electron chi connectivity index (χ3n) is 6.25. The van der Waals surface area contributed by atoms with Crippen LogP contribution in [0.25, 0.3) is 0 Å². The van der Waals surface area contributed by atoms with Gasteiger partial charge in [0.2, 0.25) is 11.8 Å². The van der Waals surface area contributed by atoms with Gasteiger partial charge in [0, 0.05) is 45.0 Å². The molecule has 0 radical (unpaired) electrons. The van der Waals surface area contributed by atoms with E-state index < -0.39 is 0 Å². The molecule has 7 nitrogen and oxygen atoms in total. The third kappa shape index (κ3) is 4.37. The number of rotatable bonds is 6. The van der Waals surface area contributed by atoms with Crippen molar-refractivity contribution in [1.29, 1.82) is 0 Å². The molecule has 3 aliphatic rings. The Bertz CT molecular complexity index is 692. The predicted molar refractivity (Wildman–Crippen MR) is 107 cm³/mol. The third-order valence-corrected chi connectivity index (χ3v) is 6.25. The maximum absolute atomic E-state index is 13.1. The zero-order valence-corrected chi connectivity index (χ0v) is 16.4. The van der Waals surface area contributed by atoms with Crippen LogP contribution >= 0.6 is 0 Å². The average molecular weight is 386 g/mol. The summed E-state index contributed by atoms with van der Waals surface area (Å²) in [6.45, 7) is 7.91. The highest BCUT2D eigenvalue weighted by atomic mass is 16.5. The van der Waals surface area contributed by atoms with E-state index in [0.717, 1.165) is 71.0 Å². The van der Waals surface area contributed by atoms with Crippen molar-refractivity contribution in [3.8, 4) is 0 Å². The molecule has 0 bridgehead atoms. The molecule has 0 aromatic heterocycles. The van der Waals surface area contributed by atoms with E-state index in [1.807, 2.05) is 35.2 Å². The van der Waals surface area contributed by atoms with E-state index in [4.69, 9.17) is 4.74 Å². The molecule has 3 saturated heterocycles. The molecule has 4 rings (SSSR count). The summed E-state index contributed by atoms with van der Waals surface area (Å²) in [4.78, 5) is 31.9. The molecule has 1 unspecified atom stereocenters. The fourth-order valence-corrected chi connectivity index (χ4v) is 4.59. The Morgan fingerprint density at radius 1 is 1.00 bits per heavy atom. The van der Waals surface area contributed by atoms with Gasteiger partial charge >= 0.3 is 0 Å². The standard InChI is InChI=1S/C21H30N4O3/c26-19(22-18-4-2-1-3-5-18)16-24-8-6-21(17-24)7-9-25(20(21)27)11-10-23-12-14-28-15-13-23/h1-5H,6-17H2,(H,22,26). The van der Waals surface area contributed by atoms with Gasteiger partial charge in [0.25, 0.3) is 0 Å². The number of hydrogen-bond acceptors (Lipinski definition) is 5. The summed E-state index contributed by atoms with van der Waals surface area (Å²) in [5.74, 6) is 0.268. The topological polar surface area (TPSA) is 65.1 Å². The first kappa shape index (κ1) is 19.4. The minimum atomic E-state index is -0.280. The smallest absolute Gasteiger partial charge is 0.238 e. The van der Waals surface area contributed by atoms with Crippen molar-refractivity contribution >= 4 is 17.5 Å². The van der Waals surface area contributed by atoms with Crippen LogP contribution in [0.3, 0.4) is 0 Å². The zero-order valence-electron chi connectivity index (χ0n) is 16.4. The van der Waals surface area contributed by atoms with Crippen molar-refractivity contribution in [2.45, 2.75) is 12.8 Å². The second-order valence-corrected chi connectivity index (χ2v) is 8.15. The highest BCUT2D eigenvalue weighted by Crippen LogP contribution is 2.40. The van der Waals surface area contributed by atoms with Crippen molar-refractivity contribution in [3.05, 3.63) is 30.3 Å². The number of nitrogens with zero attached hydrogens (tertiary/aromatic N) is 3. The van der Waals surface area contributed by atoms with Crippen LogP contribution in [0.15, 0.2) is 30.3 Å². The molecule has 28 heavy (non-hydrogen) atoms. The maximum atomic E-state index is 13.1. The number of para-hydroxylation sites is 1. The van der Waals surface area contributed by atoms with Crippen molar-refractivity contribution in [3.63, 3.8) is 0 Å². The normalized spacial score (nSPS) is 26.3. The minimum absolute atomic E-state index is 0.0159. The Morgan fingerprint density at radius 2 is 1.75 bits per heavy atom. The molecule has 3 heterocycles. The first-order valence-corrected chi connectivity index (χ1v) is 10.3. The van der Waals surface area contributed by atoms with Crippen LogP contribution in [0.1, 0.15) is 12.8 Å². The monoisotopic (exact) mass is 386 g/mol. The van der Waals surface area contributed by atoms with Gasteiger partial charge in [0.15, 0.2) is 0 Å². The van der Waals surface area contributed by atoms with E-state index >= 15 is 0 Å². The largest absolute Gasteiger partial charge is 0.379 e. The molecule has 3 aliphatic heterocycles. The summed E-state index contributed by atoms with van der Waals surface area (Å²) in [7, 11) is 0. The molecule has 1 aromatic carbocycles. The molecule has 7 heteroatoms. The van der Waals surface area contributed by atoms with Gasteiger partial charge in [-0.25, -0.2) is 0 Å². The fourth-order valence-electron chi connectivity index (χ4n) is 4.59. The lowest BCUT2D eigenvalue weighted by atomic mass is 9.85. The summed E-state index contributed by atoms with van der Waals surface area (Å²) >= 11 is 0. The number of likely N-dealkylation sites (tertiary alicyclic amines) is 2. The molecule has 1 aromatic rings. The lowest BCUT2D eigenvalue weighted by molar-refractivity contribution is -0.136. The number of amides is 2. The summed E-state index contributed by atoms with van der Waals surface area (Å²) in [5, 5.41) is 2.93. The van der Waals surface area contributed by atoms with Crippen LogP contribution in [0, 0.1) is 5.41 Å². The Balaban J connectivity index is 1.25. The van der Waals surface area contributed by atoms with E-state index in [-0.39, 0.29) is 17.2 Å². The number of ether oxygens (including phenoxy) is 1. The SMILES string of the molecule is O=C(CN1CCC2(CCN(CCN3CCOCC3)C2=O)C1)Nc1ccccc1. The first-order valence-electron chi connectivity index (χ1n) is 10.3. The van der Waals surface area contributed by atoms with Crippen molar-refractivity contribution in [2.75, 3.05) is 70.9 Å². The molecule has 0 saturated carbocycles. The van der Waals surface area contributed by atoms with Gasteiger partial charge in [-0.05, 0) is 31.5 Å². The highest BCUT2D eigenvalue weighted by Gasteiger charge is 2.50. The lowest BCUT2D eigenvalue weighted by Crippen LogP contribution is -2.43. The lowest BCUT2D eigenvalue weighted by Gasteiger charge is -2.29. The second kappa shape index (κ2) is 8.59. The highest BCUT2D eigenvalue weighted by molar-refractivity contribution is 5.92. The zero-order chi connectivity index (χ0) is 19.4. The van der Waals surface area contributed by atoms with E-state index in [0.29, 0.717) is 13.1 Å². The molecule has 1 atom stereocenters. The Labute approximate surface area is 166 Å². The van der Waals surface area contributed by atoms with Crippen LogP contribution in [0.5, 0.6) is 0 Å². The van der Waals surface area contributed by atoms with E-state index in [1.54, 1.807) is 0 Å². The molecule has 2 amide bonds. The average Bonchev–Trinajstić information content (AvgIpc) is 3.26. The van der Waals surface area contributed by atoms with Crippen molar-refractivity contribution < 1.29 is 14.3 Å². The Kier molecular flexibility index (Phi) is 5.94. The maximum Gasteiger partial charge on any atom is 0.238 e. The van der Waals surface area contributed by atoms with E-state index in [9.17, 15) is 9.59 Å². The first-order chi connectivity index (χ1) is 13.6. The molecule has 1 N–H and O–H groups in total. The number of morpholine rings is 1. The molecular weight excluding hydrogens is 356 g/mol. The molecule has 3 fully saturated rings. The second-order valence-electron chi connectivity index (χ2n) is 8.15. The molecule has 1 spiro atoms. The molecule has 152 valence electrons. The molecular formula is C21H30N4O3. The van der Waals surface area contributed by atoms with E-state index in [1.165, 1.54) is 0 Å². The van der Waals surface area contributed by atoms with E-state index in [2.05, 4.69) is 15.1 Å². The van der Waals surface area contributed by atoms with Crippen LogP contribution in [0.2, 0.25) is 0 Å². The summed E-state index contributed by atoms with van der Waals surface area (Å²) in [6, 6.07) is 9.51. The van der Waals surface area contributed by atoms with Crippen molar-refractivity contribution in [1.82, 2.24) is 14.7 Å². The van der Waals surface area contributed by atoms with Gasteiger partial charge in [-0.1, -0.05) is 18.2 Å². The van der Waals surface area contributed by atoms with Gasteiger partial charge in [-0.15, -0.1) is 0 Å². The number of hydrogen-bond donors (Lipinski definition) is 1. The van der Waals surface area contributed by atoms with Gasteiger partial charge in [0.05, 0.1) is 25.2 Å². The number of carbonyl (C=O) groups excluding carboxylic acids is 2. The van der Waals surface area contributed by atoms with Gasteiger partial charge in [-0.2, -0.15) is 0 Å². The Morgan fingerprint density at radius 3 is 2.54 bits per heavy atom. The number of nitrogens with one attached hydrogen (secondary N) is 1. The van der Waals surface area contributed by atoms with Crippen molar-refractivity contribution in [2.24, 2.45) is 5.41 Å². The van der Waals surface area contributed by atoms with Crippen LogP contribution in [-0.2, 0) is 14.3 Å². The van der Waals surface area contributed by atoms with Crippen LogP contribution in [-0.4, -0.2) is 92.1 Å². The minimum Gasteiger partial charge on any atom is -0.379 e. The summed E-state index contributed by atoms with van der Waals surface area (Å²) in [6.07, 6.45) is 1.77. The number of carbonyl (C=O) groups is 2. The Hall–Kier alpha value is -1.96. The number of anilines is 1. The molecule has 0 aliphatic carbocycles. The quantitative estimate of drug-likeness (QED) is 0.786. The summed E-state index contributed by atoms with van der Waals surface area (Å²) < 4.78 is 5.39. The van der Waals surface area contributed by atoms with Crippen LogP contribution in [0.4, 0.5) is 5.69 Å².